The highest BCUT2D eigenvalue weighted by atomic mass is 35.5. The number of nitrogens with zero attached hydrogens (tertiary/aromatic N) is 3. The van der Waals surface area contributed by atoms with E-state index < -0.39 is 11.5 Å². The molecule has 2 aromatic heterocycles. The lowest BCUT2D eigenvalue weighted by atomic mass is 10.1. The number of anilines is 4. The molecule has 3 heterocycles. The van der Waals surface area contributed by atoms with E-state index in [1.54, 1.807) is 18.3 Å². The average Bonchev–Trinajstić information content (AvgIpc) is 2.81. The number of aryl methyl sites for hydroxylation is 1. The molecule has 1 amide bonds. The van der Waals surface area contributed by atoms with E-state index in [4.69, 9.17) is 11.6 Å². The number of carbonyl (C=O) groups is 1. The van der Waals surface area contributed by atoms with Crippen molar-refractivity contribution in [2.75, 3.05) is 41.7 Å². The first-order valence-electron chi connectivity index (χ1n) is 11.3. The SMILES string of the molecule is Cc1cc(Cl)ncc1Nc1cc[nH]c(=O)c1C(=O)Nc1ccc(N2CCN(C(C)C)CC2)cc1. The minimum atomic E-state index is -0.498. The molecule has 34 heavy (non-hydrogen) atoms. The highest BCUT2D eigenvalue weighted by Gasteiger charge is 2.20. The zero-order chi connectivity index (χ0) is 24.2. The summed E-state index contributed by atoms with van der Waals surface area (Å²) in [6.07, 6.45) is 3.06. The predicted molar refractivity (Wildman–Crippen MR) is 138 cm³/mol. The molecule has 1 saturated heterocycles. The maximum atomic E-state index is 13.0. The number of piperazine rings is 1. The maximum Gasteiger partial charge on any atom is 0.263 e. The first-order chi connectivity index (χ1) is 16.3. The summed E-state index contributed by atoms with van der Waals surface area (Å²) in [5, 5.41) is 6.34. The van der Waals surface area contributed by atoms with E-state index in [0.29, 0.717) is 28.3 Å². The summed E-state index contributed by atoms with van der Waals surface area (Å²) in [6, 6.07) is 11.6. The fraction of sp³-hybridized carbons (Fsp3) is 0.320. The first-order valence-corrected chi connectivity index (χ1v) is 11.7. The van der Waals surface area contributed by atoms with Crippen LogP contribution in [0.3, 0.4) is 0 Å². The summed E-state index contributed by atoms with van der Waals surface area (Å²) in [7, 11) is 0. The molecule has 0 aliphatic carbocycles. The van der Waals surface area contributed by atoms with Crippen LogP contribution in [0, 0.1) is 6.92 Å². The molecule has 0 bridgehead atoms. The Kier molecular flexibility index (Phi) is 7.19. The highest BCUT2D eigenvalue weighted by Crippen LogP contribution is 2.24. The quantitative estimate of drug-likeness (QED) is 0.456. The van der Waals surface area contributed by atoms with Gasteiger partial charge in [-0.2, -0.15) is 0 Å². The average molecular weight is 481 g/mol. The summed E-state index contributed by atoms with van der Waals surface area (Å²) in [4.78, 5) is 37.0. The molecule has 178 valence electrons. The van der Waals surface area contributed by atoms with Crippen LogP contribution in [-0.4, -0.2) is 53.0 Å². The van der Waals surface area contributed by atoms with Crippen molar-refractivity contribution >= 4 is 40.3 Å². The number of nitrogens with one attached hydrogen (secondary N) is 3. The number of aromatic nitrogens is 2. The second kappa shape index (κ2) is 10.3. The van der Waals surface area contributed by atoms with E-state index in [1.165, 1.54) is 6.20 Å². The molecule has 3 aromatic rings. The topological polar surface area (TPSA) is 93.4 Å². The van der Waals surface area contributed by atoms with Crippen molar-refractivity contribution in [1.29, 1.82) is 0 Å². The number of H-pyrrole nitrogens is 1. The smallest absolute Gasteiger partial charge is 0.263 e. The molecular weight excluding hydrogens is 452 g/mol. The monoisotopic (exact) mass is 480 g/mol. The predicted octanol–water partition coefficient (Wildman–Crippen LogP) is 4.26. The van der Waals surface area contributed by atoms with Gasteiger partial charge in [0.05, 0.1) is 17.6 Å². The van der Waals surface area contributed by atoms with Crippen molar-refractivity contribution in [2.24, 2.45) is 0 Å². The molecular formula is C25H29ClN6O2. The summed E-state index contributed by atoms with van der Waals surface area (Å²) >= 11 is 5.93. The van der Waals surface area contributed by atoms with Crippen LogP contribution < -0.4 is 21.1 Å². The van der Waals surface area contributed by atoms with E-state index in [-0.39, 0.29) is 5.56 Å². The van der Waals surface area contributed by atoms with E-state index in [0.717, 1.165) is 37.4 Å². The molecule has 0 atom stereocenters. The fourth-order valence-electron chi connectivity index (χ4n) is 4.05. The van der Waals surface area contributed by atoms with Gasteiger partial charge < -0.3 is 20.5 Å². The Hall–Kier alpha value is -3.36. The number of amides is 1. The normalized spacial score (nSPS) is 14.3. The van der Waals surface area contributed by atoms with Crippen molar-refractivity contribution in [3.63, 3.8) is 0 Å². The van der Waals surface area contributed by atoms with Crippen LogP contribution in [0.25, 0.3) is 0 Å². The van der Waals surface area contributed by atoms with E-state index in [1.807, 2.05) is 31.2 Å². The van der Waals surface area contributed by atoms with E-state index >= 15 is 0 Å². The van der Waals surface area contributed by atoms with Crippen molar-refractivity contribution < 1.29 is 4.79 Å². The van der Waals surface area contributed by atoms with Crippen LogP contribution in [0.15, 0.2) is 53.6 Å². The Bertz CT molecular complexity index is 1220. The number of carbonyl (C=O) groups excluding carboxylic acids is 1. The molecule has 1 aliphatic heterocycles. The molecule has 9 heteroatoms. The molecule has 1 fully saturated rings. The summed E-state index contributed by atoms with van der Waals surface area (Å²) < 4.78 is 0. The van der Waals surface area contributed by atoms with Crippen LogP contribution in [-0.2, 0) is 0 Å². The van der Waals surface area contributed by atoms with Crippen LogP contribution in [0.5, 0.6) is 0 Å². The minimum absolute atomic E-state index is 0.00858. The van der Waals surface area contributed by atoms with Gasteiger partial charge in [-0.15, -0.1) is 0 Å². The van der Waals surface area contributed by atoms with E-state index in [2.05, 4.69) is 44.2 Å². The number of hydrogen-bond acceptors (Lipinski definition) is 6. The third kappa shape index (κ3) is 5.40. The lowest BCUT2D eigenvalue weighted by Gasteiger charge is -2.38. The molecule has 0 spiro atoms. The Morgan fingerprint density at radius 2 is 1.79 bits per heavy atom. The second-order valence-electron chi connectivity index (χ2n) is 8.66. The highest BCUT2D eigenvalue weighted by molar-refractivity contribution is 6.29. The van der Waals surface area contributed by atoms with Crippen LogP contribution in [0.1, 0.15) is 29.8 Å². The van der Waals surface area contributed by atoms with Gasteiger partial charge in [0.1, 0.15) is 10.7 Å². The Labute approximate surface area is 204 Å². The Morgan fingerprint density at radius 3 is 2.44 bits per heavy atom. The lowest BCUT2D eigenvalue weighted by Crippen LogP contribution is -2.48. The van der Waals surface area contributed by atoms with Gasteiger partial charge in [-0.1, -0.05) is 11.6 Å². The van der Waals surface area contributed by atoms with E-state index in [9.17, 15) is 9.59 Å². The number of hydrogen-bond donors (Lipinski definition) is 3. The van der Waals surface area contributed by atoms with Crippen molar-refractivity contribution in [1.82, 2.24) is 14.9 Å². The summed E-state index contributed by atoms with van der Waals surface area (Å²) in [5.74, 6) is -0.498. The summed E-state index contributed by atoms with van der Waals surface area (Å²) in [5.41, 5.74) is 3.13. The van der Waals surface area contributed by atoms with Crippen LogP contribution in [0.2, 0.25) is 5.15 Å². The molecule has 8 nitrogen and oxygen atoms in total. The molecule has 3 N–H and O–H groups in total. The number of pyridine rings is 2. The largest absolute Gasteiger partial charge is 0.369 e. The number of halogens is 1. The Balaban J connectivity index is 1.47. The third-order valence-electron chi connectivity index (χ3n) is 6.07. The first kappa shape index (κ1) is 23.8. The van der Waals surface area contributed by atoms with Gasteiger partial charge in [0.25, 0.3) is 11.5 Å². The van der Waals surface area contributed by atoms with Crippen molar-refractivity contribution in [2.45, 2.75) is 26.8 Å². The standard InChI is InChI=1S/C25H29ClN6O2/c1-16(2)31-10-12-32(13-11-31)19-6-4-18(5-7-19)29-25(34)23-20(8-9-27-24(23)33)30-21-15-28-22(26)14-17(21)3/h4-9,14-16H,10-13H2,1-3H3,(H,29,34)(H2,27,30,33). The van der Waals surface area contributed by atoms with Gasteiger partial charge in [0, 0.05) is 49.8 Å². The molecule has 0 radical (unpaired) electrons. The zero-order valence-electron chi connectivity index (χ0n) is 19.6. The number of rotatable bonds is 6. The molecule has 1 aliphatic rings. The molecule has 1 aromatic carbocycles. The van der Waals surface area contributed by atoms with Gasteiger partial charge >= 0.3 is 0 Å². The van der Waals surface area contributed by atoms with Crippen LogP contribution >= 0.6 is 11.6 Å². The van der Waals surface area contributed by atoms with Crippen LogP contribution in [0.4, 0.5) is 22.7 Å². The summed E-state index contributed by atoms with van der Waals surface area (Å²) in [6.45, 7) is 10.3. The van der Waals surface area contributed by atoms with Crippen molar-refractivity contribution in [3.05, 3.63) is 75.4 Å². The fourth-order valence-corrected chi connectivity index (χ4v) is 4.26. The third-order valence-corrected chi connectivity index (χ3v) is 6.28. The van der Waals surface area contributed by atoms with Gasteiger partial charge in [-0.3, -0.25) is 14.5 Å². The minimum Gasteiger partial charge on any atom is -0.369 e. The number of aromatic amines is 1. The van der Waals surface area contributed by atoms with Gasteiger partial charge in [0.2, 0.25) is 0 Å². The van der Waals surface area contributed by atoms with Gasteiger partial charge in [-0.25, -0.2) is 4.98 Å². The Morgan fingerprint density at radius 1 is 1.09 bits per heavy atom. The molecule has 4 rings (SSSR count). The second-order valence-corrected chi connectivity index (χ2v) is 9.05. The molecule has 0 unspecified atom stereocenters. The van der Waals surface area contributed by atoms with Gasteiger partial charge in [-0.05, 0) is 62.7 Å². The maximum absolute atomic E-state index is 13.0. The zero-order valence-corrected chi connectivity index (χ0v) is 20.3. The van der Waals surface area contributed by atoms with Crippen molar-refractivity contribution in [3.8, 4) is 0 Å². The lowest BCUT2D eigenvalue weighted by molar-refractivity contribution is 0.102. The van der Waals surface area contributed by atoms with Gasteiger partial charge in [0.15, 0.2) is 0 Å². The number of benzene rings is 1. The molecule has 0 saturated carbocycles.